The van der Waals surface area contributed by atoms with Gasteiger partial charge in [0.15, 0.2) is 0 Å². The second-order valence-electron chi connectivity index (χ2n) is 7.03. The van der Waals surface area contributed by atoms with E-state index in [0.29, 0.717) is 25.7 Å². The molecule has 5 nitrogen and oxygen atoms in total. The van der Waals surface area contributed by atoms with Gasteiger partial charge in [-0.2, -0.15) is 0 Å². The summed E-state index contributed by atoms with van der Waals surface area (Å²) >= 11 is 0. The number of aliphatic hydroxyl groups excluding tert-OH is 3. The Hall–Kier alpha value is -1.69. The van der Waals surface area contributed by atoms with Gasteiger partial charge >= 0.3 is 5.97 Å². The van der Waals surface area contributed by atoms with Crippen molar-refractivity contribution in [2.45, 2.75) is 70.2 Å². The molecule has 0 amide bonds. The van der Waals surface area contributed by atoms with Crippen LogP contribution in [0.2, 0.25) is 0 Å². The van der Waals surface area contributed by atoms with Crippen molar-refractivity contribution < 1.29 is 25.2 Å². The molecule has 0 aromatic heterocycles. The standard InChI is InChI=1S/C22H34O5/c1-2-3-4-5-6-8-11-17(23)14-15-19-18(20(24)16-21(19)25)12-9-7-10-13-22(26)27/h3-4,6-9,14-15,17-21,23-25H,2,5,10-13,16H2,1H3,(H,26,27)/b4-3-,8-6+,9-7-,15-14+/t17?,18-,19?,20+,21-/m1/s1. The number of hydrogen-bond donors (Lipinski definition) is 4. The van der Waals surface area contributed by atoms with Crippen LogP contribution in [0, 0.1) is 11.8 Å². The van der Waals surface area contributed by atoms with Crippen molar-refractivity contribution in [2.75, 3.05) is 0 Å². The van der Waals surface area contributed by atoms with E-state index in [2.05, 4.69) is 19.1 Å². The van der Waals surface area contributed by atoms with Crippen molar-refractivity contribution in [3.63, 3.8) is 0 Å². The molecule has 0 heterocycles. The van der Waals surface area contributed by atoms with Gasteiger partial charge in [0, 0.05) is 18.8 Å². The summed E-state index contributed by atoms with van der Waals surface area (Å²) in [6.45, 7) is 2.09. The Labute approximate surface area is 162 Å². The Balaban J connectivity index is 2.49. The molecule has 0 radical (unpaired) electrons. The fourth-order valence-electron chi connectivity index (χ4n) is 3.29. The molecule has 0 aromatic rings. The molecule has 4 N–H and O–H groups in total. The van der Waals surface area contributed by atoms with Crippen molar-refractivity contribution in [3.8, 4) is 0 Å². The highest BCUT2D eigenvalue weighted by atomic mass is 16.4. The van der Waals surface area contributed by atoms with Crippen LogP contribution in [0.5, 0.6) is 0 Å². The fourth-order valence-corrected chi connectivity index (χ4v) is 3.29. The number of allylic oxidation sites excluding steroid dienone is 5. The molecule has 1 saturated carbocycles. The number of carbonyl (C=O) groups is 1. The van der Waals surface area contributed by atoms with Gasteiger partial charge in [-0.25, -0.2) is 0 Å². The monoisotopic (exact) mass is 378 g/mol. The van der Waals surface area contributed by atoms with Crippen LogP contribution in [0.15, 0.2) is 48.6 Å². The van der Waals surface area contributed by atoms with Crippen LogP contribution < -0.4 is 0 Å². The van der Waals surface area contributed by atoms with Crippen LogP contribution in [0.4, 0.5) is 0 Å². The number of aliphatic hydroxyl groups is 3. The van der Waals surface area contributed by atoms with Gasteiger partial charge in [0.25, 0.3) is 0 Å². The molecule has 5 atom stereocenters. The number of hydrogen-bond acceptors (Lipinski definition) is 4. The lowest BCUT2D eigenvalue weighted by molar-refractivity contribution is -0.136. The number of carboxylic acid groups (broad SMARTS) is 1. The Bertz CT molecular complexity index is 535. The van der Waals surface area contributed by atoms with Gasteiger partial charge < -0.3 is 20.4 Å². The maximum absolute atomic E-state index is 10.5. The first kappa shape index (κ1) is 23.3. The number of aliphatic carboxylic acids is 1. The van der Waals surface area contributed by atoms with Crippen molar-refractivity contribution >= 4 is 5.97 Å². The van der Waals surface area contributed by atoms with E-state index in [9.17, 15) is 20.1 Å². The zero-order valence-corrected chi connectivity index (χ0v) is 16.2. The van der Waals surface area contributed by atoms with Crippen LogP contribution in [-0.2, 0) is 4.79 Å². The van der Waals surface area contributed by atoms with E-state index in [1.807, 2.05) is 24.3 Å². The van der Waals surface area contributed by atoms with E-state index in [0.717, 1.165) is 12.8 Å². The number of rotatable bonds is 12. The smallest absolute Gasteiger partial charge is 0.303 e. The Morgan fingerprint density at radius 1 is 1.07 bits per heavy atom. The highest BCUT2D eigenvalue weighted by Crippen LogP contribution is 2.36. The van der Waals surface area contributed by atoms with Crippen molar-refractivity contribution in [3.05, 3.63) is 48.6 Å². The lowest BCUT2D eigenvalue weighted by atomic mass is 9.89. The van der Waals surface area contributed by atoms with Gasteiger partial charge in [0.2, 0.25) is 0 Å². The van der Waals surface area contributed by atoms with E-state index in [1.165, 1.54) is 0 Å². The van der Waals surface area contributed by atoms with Crippen LogP contribution in [0.3, 0.4) is 0 Å². The largest absolute Gasteiger partial charge is 0.481 e. The predicted octanol–water partition coefficient (Wildman–Crippen LogP) is 3.38. The van der Waals surface area contributed by atoms with Gasteiger partial charge in [-0.1, -0.05) is 55.5 Å². The average Bonchev–Trinajstić information content (AvgIpc) is 2.88. The quantitative estimate of drug-likeness (QED) is 0.390. The second kappa shape index (κ2) is 13.5. The minimum atomic E-state index is -0.832. The van der Waals surface area contributed by atoms with E-state index in [4.69, 9.17) is 5.11 Å². The third-order valence-electron chi connectivity index (χ3n) is 4.79. The van der Waals surface area contributed by atoms with Crippen LogP contribution in [-0.4, -0.2) is 44.7 Å². The highest BCUT2D eigenvalue weighted by molar-refractivity contribution is 5.66. The topological polar surface area (TPSA) is 98.0 Å². The van der Waals surface area contributed by atoms with Crippen molar-refractivity contribution in [1.29, 1.82) is 0 Å². The summed E-state index contributed by atoms with van der Waals surface area (Å²) < 4.78 is 0. The zero-order valence-electron chi connectivity index (χ0n) is 16.2. The summed E-state index contributed by atoms with van der Waals surface area (Å²) in [5, 5.41) is 39.1. The minimum Gasteiger partial charge on any atom is -0.481 e. The first-order valence-electron chi connectivity index (χ1n) is 9.85. The van der Waals surface area contributed by atoms with E-state index in [1.54, 1.807) is 12.2 Å². The van der Waals surface area contributed by atoms with Crippen LogP contribution in [0.1, 0.15) is 51.9 Å². The maximum atomic E-state index is 10.5. The van der Waals surface area contributed by atoms with E-state index in [-0.39, 0.29) is 18.3 Å². The summed E-state index contributed by atoms with van der Waals surface area (Å²) in [6.07, 6.45) is 17.3. The van der Waals surface area contributed by atoms with Crippen LogP contribution >= 0.6 is 0 Å². The maximum Gasteiger partial charge on any atom is 0.303 e. The van der Waals surface area contributed by atoms with Gasteiger partial charge in [-0.15, -0.1) is 0 Å². The molecule has 0 bridgehead atoms. The molecular formula is C22H34O5. The third kappa shape index (κ3) is 9.70. The van der Waals surface area contributed by atoms with Crippen molar-refractivity contribution in [2.24, 2.45) is 11.8 Å². The average molecular weight is 379 g/mol. The molecule has 5 heteroatoms. The second-order valence-corrected chi connectivity index (χ2v) is 7.03. The summed E-state index contributed by atoms with van der Waals surface area (Å²) in [5.41, 5.74) is 0. The van der Waals surface area contributed by atoms with Crippen molar-refractivity contribution in [1.82, 2.24) is 0 Å². The molecule has 1 aliphatic rings. The number of carboxylic acids is 1. The summed E-state index contributed by atoms with van der Waals surface area (Å²) in [6, 6.07) is 0. The van der Waals surface area contributed by atoms with Gasteiger partial charge in [-0.3, -0.25) is 4.79 Å². The molecule has 0 spiro atoms. The molecule has 2 unspecified atom stereocenters. The normalized spacial score (nSPS) is 27.6. The van der Waals surface area contributed by atoms with Gasteiger partial charge in [-0.05, 0) is 38.0 Å². The molecule has 27 heavy (non-hydrogen) atoms. The molecule has 0 aliphatic heterocycles. The Kier molecular flexibility index (Phi) is 11.7. The van der Waals surface area contributed by atoms with E-state index < -0.39 is 24.3 Å². The molecule has 1 aliphatic carbocycles. The predicted molar refractivity (Wildman–Crippen MR) is 107 cm³/mol. The third-order valence-corrected chi connectivity index (χ3v) is 4.79. The Morgan fingerprint density at radius 3 is 2.52 bits per heavy atom. The fraction of sp³-hybridized carbons (Fsp3) is 0.591. The SMILES string of the molecule is CC/C=C\C/C=C/CC(O)/C=C/C1[C@H](O)C[C@H](O)[C@@H]1C/C=C\CCC(=O)O. The summed E-state index contributed by atoms with van der Waals surface area (Å²) in [5.74, 6) is -1.17. The van der Waals surface area contributed by atoms with Crippen LogP contribution in [0.25, 0.3) is 0 Å². The molecular weight excluding hydrogens is 344 g/mol. The first-order chi connectivity index (χ1) is 13.0. The molecule has 0 aromatic carbocycles. The molecule has 152 valence electrons. The zero-order chi connectivity index (χ0) is 20.1. The van der Waals surface area contributed by atoms with Gasteiger partial charge in [0.05, 0.1) is 18.3 Å². The first-order valence-corrected chi connectivity index (χ1v) is 9.85. The molecule has 0 saturated heterocycles. The Morgan fingerprint density at radius 2 is 1.81 bits per heavy atom. The van der Waals surface area contributed by atoms with Gasteiger partial charge in [0.1, 0.15) is 0 Å². The minimum absolute atomic E-state index is 0.0869. The molecule has 1 rings (SSSR count). The lowest BCUT2D eigenvalue weighted by Gasteiger charge is -2.19. The van der Waals surface area contributed by atoms with E-state index >= 15 is 0 Å². The summed E-state index contributed by atoms with van der Waals surface area (Å²) in [4.78, 5) is 10.5. The summed E-state index contributed by atoms with van der Waals surface area (Å²) in [7, 11) is 0. The highest BCUT2D eigenvalue weighted by Gasteiger charge is 2.39. The molecule has 1 fully saturated rings. The lowest BCUT2D eigenvalue weighted by Crippen LogP contribution is -2.20.